The fourth-order valence-electron chi connectivity index (χ4n) is 4.10. The Morgan fingerprint density at radius 1 is 1.16 bits per heavy atom. The van der Waals surface area contributed by atoms with Crippen molar-refractivity contribution in [3.05, 3.63) is 75.6 Å². The topological polar surface area (TPSA) is 94.4 Å². The van der Waals surface area contributed by atoms with Crippen molar-refractivity contribution in [2.75, 3.05) is 24.3 Å². The van der Waals surface area contributed by atoms with Gasteiger partial charge in [-0.15, -0.1) is 21.5 Å². The molecule has 2 aromatic heterocycles. The molecule has 37 heavy (non-hydrogen) atoms. The van der Waals surface area contributed by atoms with Gasteiger partial charge in [0.15, 0.2) is 21.5 Å². The van der Waals surface area contributed by atoms with Crippen LogP contribution in [-0.4, -0.2) is 48.5 Å². The van der Waals surface area contributed by atoms with E-state index in [1.54, 1.807) is 33.7 Å². The molecule has 8 nitrogen and oxygen atoms in total. The zero-order valence-corrected chi connectivity index (χ0v) is 22.9. The maximum absolute atomic E-state index is 13.4. The van der Waals surface area contributed by atoms with Gasteiger partial charge in [-0.05, 0) is 53.8 Å². The average molecular weight is 606 g/mol. The fourth-order valence-corrected chi connectivity index (χ4v) is 6.60. The number of amides is 1. The van der Waals surface area contributed by atoms with Crippen LogP contribution in [-0.2, 0) is 26.8 Å². The lowest BCUT2D eigenvalue weighted by Gasteiger charge is -2.31. The summed E-state index contributed by atoms with van der Waals surface area (Å²) in [6, 6.07) is 13.3. The van der Waals surface area contributed by atoms with Gasteiger partial charge in [-0.1, -0.05) is 28.1 Å². The predicted molar refractivity (Wildman–Crippen MR) is 143 cm³/mol. The highest BCUT2D eigenvalue weighted by Gasteiger charge is 2.28. The molecular formula is C25H22BrFN4O4S2. The summed E-state index contributed by atoms with van der Waals surface area (Å²) < 4.78 is 47.6. The summed E-state index contributed by atoms with van der Waals surface area (Å²) in [6.07, 6.45) is 0.701. The molecule has 5 rings (SSSR count). The Balaban J connectivity index is 1.52. The largest absolute Gasteiger partial charge is 0.495 e. The molecule has 0 N–H and O–H groups in total. The number of aromatic nitrogens is 3. The number of hydrogen-bond acceptors (Lipinski definition) is 7. The van der Waals surface area contributed by atoms with E-state index in [9.17, 15) is 17.6 Å². The van der Waals surface area contributed by atoms with E-state index in [1.165, 1.54) is 30.6 Å². The van der Waals surface area contributed by atoms with Crippen molar-refractivity contribution in [1.29, 1.82) is 0 Å². The van der Waals surface area contributed by atoms with E-state index in [1.807, 2.05) is 17.5 Å². The molecule has 192 valence electrons. The van der Waals surface area contributed by atoms with E-state index >= 15 is 0 Å². The Morgan fingerprint density at radius 3 is 2.65 bits per heavy atom. The van der Waals surface area contributed by atoms with Gasteiger partial charge in [0.2, 0.25) is 5.91 Å². The van der Waals surface area contributed by atoms with E-state index in [-0.39, 0.29) is 29.7 Å². The van der Waals surface area contributed by atoms with E-state index in [0.717, 1.165) is 4.88 Å². The zero-order chi connectivity index (χ0) is 26.2. The smallest absolute Gasteiger partial charge is 0.228 e. The third kappa shape index (κ3) is 5.32. The second-order valence-electron chi connectivity index (χ2n) is 8.48. The molecule has 1 amide bonds. The second-order valence-corrected chi connectivity index (χ2v) is 12.5. The summed E-state index contributed by atoms with van der Waals surface area (Å²) in [7, 11) is -2.11. The first kappa shape index (κ1) is 25.6. The van der Waals surface area contributed by atoms with Gasteiger partial charge in [0.05, 0.1) is 23.4 Å². The van der Waals surface area contributed by atoms with Crippen LogP contribution < -0.4 is 9.64 Å². The SMILES string of the molecule is COc1ccc(N2CCC2=O)cc1-n1c(CS(=O)(=O)CCc2ccc(F)cc2Br)nnc1-c1cccs1. The number of hydrogen-bond donors (Lipinski definition) is 0. The van der Waals surface area contributed by atoms with Crippen molar-refractivity contribution >= 4 is 48.7 Å². The molecule has 3 heterocycles. The van der Waals surface area contributed by atoms with Crippen LogP contribution in [0.4, 0.5) is 10.1 Å². The number of ether oxygens (including phenoxy) is 1. The number of halogens is 2. The molecule has 0 aliphatic carbocycles. The van der Waals surface area contributed by atoms with Crippen molar-refractivity contribution in [1.82, 2.24) is 14.8 Å². The van der Waals surface area contributed by atoms with Crippen molar-refractivity contribution in [3.63, 3.8) is 0 Å². The van der Waals surface area contributed by atoms with Crippen molar-refractivity contribution in [2.45, 2.75) is 18.6 Å². The van der Waals surface area contributed by atoms with Gasteiger partial charge < -0.3 is 9.64 Å². The predicted octanol–water partition coefficient (Wildman–Crippen LogP) is 4.80. The second kappa shape index (κ2) is 10.3. The minimum atomic E-state index is -3.63. The summed E-state index contributed by atoms with van der Waals surface area (Å²) >= 11 is 4.75. The molecule has 0 unspecified atom stereocenters. The molecule has 0 bridgehead atoms. The highest BCUT2D eigenvalue weighted by atomic mass is 79.9. The monoisotopic (exact) mass is 604 g/mol. The van der Waals surface area contributed by atoms with Crippen LogP contribution in [0.1, 0.15) is 17.8 Å². The van der Waals surface area contributed by atoms with Crippen LogP contribution >= 0.6 is 27.3 Å². The summed E-state index contributed by atoms with van der Waals surface area (Å²) in [5.41, 5.74) is 1.92. The van der Waals surface area contributed by atoms with Gasteiger partial charge in [0.25, 0.3) is 0 Å². The summed E-state index contributed by atoms with van der Waals surface area (Å²) in [5, 5.41) is 10.5. The fraction of sp³-hybridized carbons (Fsp3) is 0.240. The first-order chi connectivity index (χ1) is 17.8. The Hall–Kier alpha value is -3.09. The quantitative estimate of drug-likeness (QED) is 0.255. The van der Waals surface area contributed by atoms with Crippen LogP contribution in [0.5, 0.6) is 5.75 Å². The molecule has 0 radical (unpaired) electrons. The molecule has 12 heteroatoms. The Bertz CT molecular complexity index is 1570. The normalized spacial score (nSPS) is 13.6. The van der Waals surface area contributed by atoms with E-state index in [4.69, 9.17) is 4.74 Å². The van der Waals surface area contributed by atoms with Gasteiger partial charge >= 0.3 is 0 Å². The summed E-state index contributed by atoms with van der Waals surface area (Å²) in [5.74, 6) is 0.303. The molecule has 4 aromatic rings. The van der Waals surface area contributed by atoms with E-state index in [2.05, 4.69) is 26.1 Å². The van der Waals surface area contributed by atoms with Gasteiger partial charge in [-0.25, -0.2) is 12.8 Å². The van der Waals surface area contributed by atoms with E-state index in [0.29, 0.717) is 46.0 Å². The van der Waals surface area contributed by atoms with Crippen LogP contribution in [0, 0.1) is 5.82 Å². The molecule has 1 saturated heterocycles. The summed E-state index contributed by atoms with van der Waals surface area (Å²) in [6.45, 7) is 0.616. The lowest BCUT2D eigenvalue weighted by atomic mass is 10.1. The number of benzene rings is 2. The molecule has 1 aliphatic heterocycles. The number of methoxy groups -OCH3 is 1. The standard InChI is InChI=1S/C25H22BrFN4O4S2/c1-35-21-7-6-18(30-10-8-24(30)32)14-20(21)31-23(28-29-25(31)22-3-2-11-36-22)15-37(33,34)12-9-16-4-5-17(27)13-19(16)26/h2-7,11,13-14H,8-10,12,15H2,1H3. The number of aryl methyl sites for hydroxylation is 1. The summed E-state index contributed by atoms with van der Waals surface area (Å²) in [4.78, 5) is 14.6. The van der Waals surface area contributed by atoms with Crippen LogP contribution in [0.25, 0.3) is 16.4 Å². The number of β-lactam (4-membered cyclic amide) rings is 1. The maximum Gasteiger partial charge on any atom is 0.228 e. The number of nitrogens with zero attached hydrogens (tertiary/aromatic N) is 4. The highest BCUT2D eigenvalue weighted by Crippen LogP contribution is 2.35. The van der Waals surface area contributed by atoms with Gasteiger partial charge in [-0.2, -0.15) is 0 Å². The average Bonchev–Trinajstić information content (AvgIpc) is 3.52. The number of sulfone groups is 1. The van der Waals surface area contributed by atoms with Gasteiger partial charge in [0, 0.05) is 23.1 Å². The Kier molecular flexibility index (Phi) is 7.15. The maximum atomic E-state index is 13.4. The first-order valence-electron chi connectivity index (χ1n) is 11.4. The number of carbonyl (C=O) groups is 1. The Labute approximate surface area is 225 Å². The Morgan fingerprint density at radius 2 is 2.00 bits per heavy atom. The molecule has 1 aliphatic rings. The molecule has 0 saturated carbocycles. The number of carbonyl (C=O) groups excluding carboxylic acids is 1. The van der Waals surface area contributed by atoms with Crippen molar-refractivity contribution in [2.24, 2.45) is 0 Å². The lowest BCUT2D eigenvalue weighted by Crippen LogP contribution is -2.43. The van der Waals surface area contributed by atoms with Gasteiger partial charge in [-0.3, -0.25) is 9.36 Å². The molecule has 0 spiro atoms. The van der Waals surface area contributed by atoms with Crippen LogP contribution in [0.2, 0.25) is 0 Å². The number of thiophene rings is 1. The third-order valence-electron chi connectivity index (χ3n) is 6.08. The van der Waals surface area contributed by atoms with Crippen molar-refractivity contribution < 1.29 is 22.3 Å². The molecule has 2 aromatic carbocycles. The third-order valence-corrected chi connectivity index (χ3v) is 9.21. The minimum Gasteiger partial charge on any atom is -0.495 e. The molecule has 0 atom stereocenters. The first-order valence-corrected chi connectivity index (χ1v) is 14.9. The van der Waals surface area contributed by atoms with Crippen molar-refractivity contribution in [3.8, 4) is 22.1 Å². The highest BCUT2D eigenvalue weighted by molar-refractivity contribution is 9.10. The minimum absolute atomic E-state index is 0.0214. The van der Waals surface area contributed by atoms with Gasteiger partial charge in [0.1, 0.15) is 17.3 Å². The van der Waals surface area contributed by atoms with Crippen LogP contribution in [0.15, 0.2) is 58.4 Å². The number of rotatable bonds is 9. The molecule has 1 fully saturated rings. The lowest BCUT2D eigenvalue weighted by molar-refractivity contribution is -0.122. The molecular weight excluding hydrogens is 583 g/mol. The van der Waals surface area contributed by atoms with E-state index < -0.39 is 15.7 Å². The number of anilines is 1. The van der Waals surface area contributed by atoms with Crippen LogP contribution in [0.3, 0.4) is 0 Å². The zero-order valence-electron chi connectivity index (χ0n) is 19.7.